The summed E-state index contributed by atoms with van der Waals surface area (Å²) in [5, 5.41) is 11.1. The largest absolute Gasteiger partial charge is 0.489 e. The van der Waals surface area contributed by atoms with Crippen molar-refractivity contribution < 1.29 is 19.2 Å². The van der Waals surface area contributed by atoms with Gasteiger partial charge in [0.05, 0.1) is 26.8 Å². The molecule has 1 atom stereocenters. The second-order valence-electron chi connectivity index (χ2n) is 10.3. The monoisotopic (exact) mass is 617 g/mol. The summed E-state index contributed by atoms with van der Waals surface area (Å²) in [6.07, 6.45) is 1.66. The van der Waals surface area contributed by atoms with Crippen LogP contribution in [0.25, 0.3) is 6.08 Å². The van der Waals surface area contributed by atoms with Crippen LogP contribution in [0.4, 0.5) is 5.69 Å². The summed E-state index contributed by atoms with van der Waals surface area (Å²) >= 11 is 1.19. The Morgan fingerprint density at radius 1 is 0.911 bits per heavy atom. The fraction of sp³-hybridized carbons (Fsp3) is 0.114. The molecule has 0 saturated carbocycles. The average Bonchev–Trinajstić information content (AvgIpc) is 3.37. The SMILES string of the molecule is CC1=C(C(=O)OCc2ccccc2)C(c2ccc(OCc3ccccc3)cc2)n2c(sc(=Cc3ccc([N+](=O)[O-])cc3)c2=O)=N1. The number of nitro benzene ring substituents is 1. The van der Waals surface area contributed by atoms with Crippen molar-refractivity contribution in [3.8, 4) is 5.75 Å². The molecule has 0 radical (unpaired) electrons. The lowest BCUT2D eigenvalue weighted by atomic mass is 9.96. The minimum atomic E-state index is -0.799. The van der Waals surface area contributed by atoms with Crippen LogP contribution in [0.1, 0.15) is 35.2 Å². The fourth-order valence-corrected chi connectivity index (χ4v) is 6.08. The maximum absolute atomic E-state index is 13.9. The molecule has 0 saturated heterocycles. The number of carbonyl (C=O) groups is 1. The van der Waals surface area contributed by atoms with E-state index in [1.54, 1.807) is 25.1 Å². The molecule has 0 bridgehead atoms. The van der Waals surface area contributed by atoms with Crippen LogP contribution in [0.2, 0.25) is 0 Å². The summed E-state index contributed by atoms with van der Waals surface area (Å²) in [6.45, 7) is 2.20. The van der Waals surface area contributed by atoms with Crippen LogP contribution in [-0.2, 0) is 22.7 Å². The van der Waals surface area contributed by atoms with Gasteiger partial charge in [0, 0.05) is 12.1 Å². The van der Waals surface area contributed by atoms with Gasteiger partial charge in [-0.25, -0.2) is 9.79 Å². The molecule has 10 heteroatoms. The first kappa shape index (κ1) is 29.5. The number of nitrogens with zero attached hydrogens (tertiary/aromatic N) is 3. The highest BCUT2D eigenvalue weighted by molar-refractivity contribution is 7.07. The van der Waals surface area contributed by atoms with E-state index in [4.69, 9.17) is 9.47 Å². The molecular formula is C35H27N3O6S. The Bertz CT molecular complexity index is 2070. The number of non-ortho nitro benzene ring substituents is 1. The van der Waals surface area contributed by atoms with E-state index in [0.29, 0.717) is 38.5 Å². The third kappa shape index (κ3) is 6.51. The highest BCUT2D eigenvalue weighted by Gasteiger charge is 2.33. The summed E-state index contributed by atoms with van der Waals surface area (Å²) in [4.78, 5) is 43.3. The summed E-state index contributed by atoms with van der Waals surface area (Å²) in [5.74, 6) is 0.0706. The number of thiazole rings is 1. The van der Waals surface area contributed by atoms with Gasteiger partial charge in [0.25, 0.3) is 11.2 Å². The molecule has 1 aromatic heterocycles. The van der Waals surface area contributed by atoms with Crippen molar-refractivity contribution >= 4 is 29.1 Å². The van der Waals surface area contributed by atoms with E-state index < -0.39 is 16.9 Å². The lowest BCUT2D eigenvalue weighted by Gasteiger charge is -2.25. The van der Waals surface area contributed by atoms with Gasteiger partial charge in [-0.15, -0.1) is 0 Å². The summed E-state index contributed by atoms with van der Waals surface area (Å²) in [7, 11) is 0. The molecule has 0 spiro atoms. The lowest BCUT2D eigenvalue weighted by molar-refractivity contribution is -0.384. The topological polar surface area (TPSA) is 113 Å². The summed E-state index contributed by atoms with van der Waals surface area (Å²) < 4.78 is 13.6. The van der Waals surface area contributed by atoms with Gasteiger partial charge < -0.3 is 9.47 Å². The van der Waals surface area contributed by atoms with Gasteiger partial charge in [0.1, 0.15) is 19.0 Å². The van der Waals surface area contributed by atoms with Crippen molar-refractivity contribution in [2.75, 3.05) is 0 Å². The average molecular weight is 618 g/mol. The van der Waals surface area contributed by atoms with Crippen LogP contribution in [0.5, 0.6) is 5.75 Å². The second-order valence-corrected chi connectivity index (χ2v) is 11.3. The minimum absolute atomic E-state index is 0.0425. The predicted molar refractivity (Wildman–Crippen MR) is 170 cm³/mol. The third-order valence-electron chi connectivity index (χ3n) is 7.30. The van der Waals surface area contributed by atoms with Crippen molar-refractivity contribution in [3.05, 3.63) is 173 Å². The molecular weight excluding hydrogens is 590 g/mol. The first-order valence-electron chi connectivity index (χ1n) is 14.1. The highest BCUT2D eigenvalue weighted by atomic mass is 32.1. The van der Waals surface area contributed by atoms with Crippen molar-refractivity contribution in [1.82, 2.24) is 4.57 Å². The molecule has 0 amide bonds. The quantitative estimate of drug-likeness (QED) is 0.123. The number of esters is 1. The van der Waals surface area contributed by atoms with E-state index in [9.17, 15) is 19.7 Å². The van der Waals surface area contributed by atoms with E-state index in [1.807, 2.05) is 84.9 Å². The molecule has 0 aliphatic carbocycles. The number of benzene rings is 4. The number of hydrogen-bond acceptors (Lipinski definition) is 8. The summed E-state index contributed by atoms with van der Waals surface area (Å²) in [6, 6.07) is 31.6. The van der Waals surface area contributed by atoms with Crippen molar-refractivity contribution in [3.63, 3.8) is 0 Å². The third-order valence-corrected chi connectivity index (χ3v) is 8.28. The number of aromatic nitrogens is 1. The highest BCUT2D eigenvalue weighted by Crippen LogP contribution is 2.32. The maximum Gasteiger partial charge on any atom is 0.338 e. The normalized spacial score (nSPS) is 14.4. The van der Waals surface area contributed by atoms with Crippen LogP contribution >= 0.6 is 11.3 Å². The number of ether oxygens (including phenoxy) is 2. The Morgan fingerprint density at radius 2 is 1.53 bits per heavy atom. The molecule has 1 aliphatic heterocycles. The number of nitro groups is 1. The first-order valence-corrected chi connectivity index (χ1v) is 14.9. The number of fused-ring (bicyclic) bond motifs is 1. The minimum Gasteiger partial charge on any atom is -0.489 e. The number of carbonyl (C=O) groups excluding carboxylic acids is 1. The van der Waals surface area contributed by atoms with Gasteiger partial charge in [0.15, 0.2) is 4.80 Å². The summed E-state index contributed by atoms with van der Waals surface area (Å²) in [5.41, 5.74) is 3.51. The van der Waals surface area contributed by atoms with E-state index in [-0.39, 0.29) is 23.4 Å². The lowest BCUT2D eigenvalue weighted by Crippen LogP contribution is -2.39. The van der Waals surface area contributed by atoms with Crippen molar-refractivity contribution in [2.24, 2.45) is 4.99 Å². The number of allylic oxidation sites excluding steroid dienone is 1. The van der Waals surface area contributed by atoms with Gasteiger partial charge in [-0.1, -0.05) is 84.1 Å². The van der Waals surface area contributed by atoms with Gasteiger partial charge in [0.2, 0.25) is 0 Å². The molecule has 9 nitrogen and oxygen atoms in total. The van der Waals surface area contributed by atoms with Crippen LogP contribution in [0.3, 0.4) is 0 Å². The Hall–Kier alpha value is -5.61. The van der Waals surface area contributed by atoms with Gasteiger partial charge in [-0.2, -0.15) is 0 Å². The molecule has 5 aromatic rings. The van der Waals surface area contributed by atoms with E-state index in [0.717, 1.165) is 11.1 Å². The molecule has 0 fully saturated rings. The van der Waals surface area contributed by atoms with E-state index >= 15 is 0 Å². The predicted octanol–water partition coefficient (Wildman–Crippen LogP) is 5.47. The van der Waals surface area contributed by atoms with Crippen molar-refractivity contribution in [2.45, 2.75) is 26.2 Å². The second kappa shape index (κ2) is 12.9. The maximum atomic E-state index is 13.9. The van der Waals surface area contributed by atoms with Crippen LogP contribution in [-0.4, -0.2) is 15.5 Å². The van der Waals surface area contributed by atoms with Gasteiger partial charge in [-0.3, -0.25) is 19.5 Å². The Kier molecular flexibility index (Phi) is 8.47. The molecule has 0 N–H and O–H groups in total. The molecule has 4 aromatic carbocycles. The number of rotatable bonds is 9. The molecule has 224 valence electrons. The van der Waals surface area contributed by atoms with Crippen LogP contribution in [0, 0.1) is 10.1 Å². The van der Waals surface area contributed by atoms with E-state index in [2.05, 4.69) is 4.99 Å². The molecule has 1 unspecified atom stereocenters. The molecule has 2 heterocycles. The molecule has 6 rings (SSSR count). The zero-order valence-electron chi connectivity index (χ0n) is 24.2. The van der Waals surface area contributed by atoms with E-state index in [1.165, 1.54) is 28.0 Å². The van der Waals surface area contributed by atoms with Gasteiger partial charge >= 0.3 is 5.97 Å². The number of hydrogen-bond donors (Lipinski definition) is 0. The van der Waals surface area contributed by atoms with Crippen LogP contribution < -0.4 is 19.6 Å². The molecule has 45 heavy (non-hydrogen) atoms. The zero-order valence-corrected chi connectivity index (χ0v) is 25.0. The zero-order chi connectivity index (χ0) is 31.3. The Balaban J connectivity index is 1.37. The Labute approximate surface area is 261 Å². The van der Waals surface area contributed by atoms with Crippen LogP contribution in [0.15, 0.2) is 130 Å². The fourth-order valence-electron chi connectivity index (χ4n) is 5.03. The van der Waals surface area contributed by atoms with Gasteiger partial charge in [-0.05, 0) is 59.5 Å². The standard InChI is InChI=1S/C35H27N3O6S/c1-23-31(34(40)44-22-26-10-6-3-7-11-26)32(27-14-18-29(19-15-27)43-21-25-8-4-2-5-9-25)37-33(39)30(45-35(37)36-23)20-24-12-16-28(17-13-24)38(41)42/h2-20,32H,21-22H2,1H3. The first-order chi connectivity index (χ1) is 21.9. The Morgan fingerprint density at radius 3 is 2.16 bits per heavy atom. The smallest absolute Gasteiger partial charge is 0.338 e. The molecule has 1 aliphatic rings. The van der Waals surface area contributed by atoms with Crippen molar-refractivity contribution in [1.29, 1.82) is 0 Å².